The Hall–Kier alpha value is -1.07. The molecular formula is C17H27O3P. The van der Waals surface area contributed by atoms with Gasteiger partial charge in [-0.05, 0) is 30.7 Å². The summed E-state index contributed by atoms with van der Waals surface area (Å²) in [6.45, 7) is 2.21. The zero-order valence-electron chi connectivity index (χ0n) is 12.0. The predicted molar refractivity (Wildman–Crippen MR) is 89.7 cm³/mol. The van der Waals surface area contributed by atoms with Crippen molar-refractivity contribution in [3.63, 3.8) is 0 Å². The van der Waals surface area contributed by atoms with Crippen molar-refractivity contribution < 1.29 is 14.4 Å². The molecule has 0 aromatic heterocycles. The molecule has 3 nitrogen and oxygen atoms in total. The lowest BCUT2D eigenvalue weighted by Gasteiger charge is -2.02. The molecule has 4 heteroatoms. The monoisotopic (exact) mass is 310 g/mol. The fraction of sp³-hybridized carbons (Fsp3) is 0.529. The van der Waals surface area contributed by atoms with Crippen LogP contribution in [0.5, 0.6) is 0 Å². The summed E-state index contributed by atoms with van der Waals surface area (Å²) in [4.78, 5) is 18.0. The van der Waals surface area contributed by atoms with Gasteiger partial charge in [0.1, 0.15) is 0 Å². The molecule has 118 valence electrons. The molecule has 0 atom stereocenters. The Morgan fingerprint density at radius 2 is 1.57 bits per heavy atom. The second-order valence-corrected chi connectivity index (χ2v) is 6.51. The number of hydrogen-bond donors (Lipinski definition) is 2. The van der Waals surface area contributed by atoms with Crippen molar-refractivity contribution in [2.75, 3.05) is 0 Å². The van der Waals surface area contributed by atoms with Crippen molar-refractivity contribution in [2.45, 2.75) is 59.3 Å². The van der Waals surface area contributed by atoms with Crippen LogP contribution in [0.4, 0.5) is 0 Å². The molecule has 0 radical (unpaired) electrons. The van der Waals surface area contributed by atoms with Gasteiger partial charge in [0.25, 0.3) is 0 Å². The molecule has 1 rings (SSSR count). The Morgan fingerprint density at radius 3 is 2.14 bits per heavy atom. The molecule has 0 aliphatic rings. The lowest BCUT2D eigenvalue weighted by atomic mass is 10.1. The largest absolute Gasteiger partial charge is 0.356 e. The Morgan fingerprint density at radius 1 is 1.00 bits per heavy atom. The first kappa shape index (κ1) is 19.9. The molecule has 0 bridgehead atoms. The van der Waals surface area contributed by atoms with Gasteiger partial charge in [0, 0.05) is 12.0 Å². The van der Waals surface area contributed by atoms with E-state index < -0.39 is 7.60 Å². The summed E-state index contributed by atoms with van der Waals surface area (Å²) in [5, 5.41) is 0.0407. The minimum Gasteiger partial charge on any atom is -0.321 e. The molecule has 0 heterocycles. The molecule has 0 aliphatic heterocycles. The van der Waals surface area contributed by atoms with E-state index in [1.165, 1.54) is 44.2 Å². The van der Waals surface area contributed by atoms with Crippen LogP contribution in [0.1, 0.15) is 64.9 Å². The zero-order valence-corrected chi connectivity index (χ0v) is 12.9. The molecule has 0 fully saturated rings. The summed E-state index contributed by atoms with van der Waals surface area (Å²) in [6.07, 6.45) is 8.41. The van der Waals surface area contributed by atoms with Gasteiger partial charge in [-0.1, -0.05) is 58.3 Å². The summed E-state index contributed by atoms with van der Waals surface area (Å²) < 4.78 is 11.0. The van der Waals surface area contributed by atoms with Gasteiger partial charge in [0.05, 0.1) is 5.30 Å². The smallest absolute Gasteiger partial charge is 0.321 e. The molecule has 1 aromatic carbocycles. The van der Waals surface area contributed by atoms with Gasteiger partial charge in [-0.15, -0.1) is 0 Å². The van der Waals surface area contributed by atoms with E-state index in [1.807, 2.05) is 0 Å². The molecule has 0 saturated heterocycles. The fourth-order valence-electron chi connectivity index (χ4n) is 1.90. The summed E-state index contributed by atoms with van der Waals surface area (Å²) >= 11 is 0. The molecular weight excluding hydrogens is 283 g/mol. The third-order valence-corrected chi connectivity index (χ3v) is 4.06. The van der Waals surface area contributed by atoms with Crippen molar-refractivity contribution in [1.29, 1.82) is 0 Å². The highest BCUT2D eigenvalue weighted by Crippen LogP contribution is 2.32. The number of benzene rings is 1. The Bertz CT molecular complexity index is 491. The predicted octanol–water partition coefficient (Wildman–Crippen LogP) is 4.23. The maximum absolute atomic E-state index is 11.0. The molecule has 0 saturated carbocycles. The van der Waals surface area contributed by atoms with Gasteiger partial charge in [-0.2, -0.15) is 0 Å². The van der Waals surface area contributed by atoms with Crippen LogP contribution in [-0.4, -0.2) is 9.79 Å². The molecule has 0 aliphatic carbocycles. The van der Waals surface area contributed by atoms with Crippen LogP contribution in [0.25, 0.3) is 0 Å². The highest BCUT2D eigenvalue weighted by atomic mass is 31.2. The van der Waals surface area contributed by atoms with Gasteiger partial charge in [0.2, 0.25) is 0 Å². The first-order valence-corrected chi connectivity index (χ1v) is 8.80. The SMILES string of the molecule is C.CCCCCCCCC#Cc1ccc(P(=O)(O)O)cc1. The topological polar surface area (TPSA) is 57.5 Å². The Labute approximate surface area is 129 Å². The van der Waals surface area contributed by atoms with Gasteiger partial charge < -0.3 is 9.79 Å². The van der Waals surface area contributed by atoms with E-state index in [0.29, 0.717) is 0 Å². The van der Waals surface area contributed by atoms with Crippen molar-refractivity contribution in [1.82, 2.24) is 0 Å². The van der Waals surface area contributed by atoms with Crippen molar-refractivity contribution in [3.8, 4) is 11.8 Å². The fourth-order valence-corrected chi connectivity index (χ4v) is 2.43. The second kappa shape index (κ2) is 10.6. The Balaban J connectivity index is 0.00000400. The van der Waals surface area contributed by atoms with E-state index >= 15 is 0 Å². The molecule has 0 unspecified atom stereocenters. The van der Waals surface area contributed by atoms with E-state index in [-0.39, 0.29) is 12.7 Å². The number of rotatable bonds is 7. The maximum Gasteiger partial charge on any atom is 0.356 e. The minimum atomic E-state index is -4.14. The van der Waals surface area contributed by atoms with Crippen molar-refractivity contribution >= 4 is 12.9 Å². The normalized spacial score (nSPS) is 10.4. The standard InChI is InChI=1S/C16H23O3P.CH4/c1-2-3-4-5-6-7-8-9-10-15-11-13-16(14-12-15)20(17,18)19;/h11-14H,2-8H2,1H3,(H2,17,18,19);1H4. The lowest BCUT2D eigenvalue weighted by molar-refractivity contribution is 0.387. The first-order valence-electron chi connectivity index (χ1n) is 7.19. The van der Waals surface area contributed by atoms with Crippen LogP contribution in [0.2, 0.25) is 0 Å². The van der Waals surface area contributed by atoms with Crippen LogP contribution in [-0.2, 0) is 4.57 Å². The van der Waals surface area contributed by atoms with Gasteiger partial charge >= 0.3 is 7.60 Å². The van der Waals surface area contributed by atoms with Crippen LogP contribution in [0.15, 0.2) is 24.3 Å². The van der Waals surface area contributed by atoms with Crippen LogP contribution in [0, 0.1) is 11.8 Å². The highest BCUT2D eigenvalue weighted by molar-refractivity contribution is 7.60. The Kier molecular flexibility index (Phi) is 10.1. The van der Waals surface area contributed by atoms with E-state index in [2.05, 4.69) is 18.8 Å². The average Bonchev–Trinajstić information content (AvgIpc) is 2.41. The van der Waals surface area contributed by atoms with E-state index in [0.717, 1.165) is 18.4 Å². The minimum absolute atomic E-state index is 0. The van der Waals surface area contributed by atoms with Crippen LogP contribution >= 0.6 is 7.60 Å². The van der Waals surface area contributed by atoms with Gasteiger partial charge in [0.15, 0.2) is 0 Å². The van der Waals surface area contributed by atoms with E-state index in [4.69, 9.17) is 9.79 Å². The number of unbranched alkanes of at least 4 members (excludes halogenated alkanes) is 6. The third-order valence-electron chi connectivity index (χ3n) is 3.09. The quantitative estimate of drug-likeness (QED) is 0.450. The molecule has 0 amide bonds. The van der Waals surface area contributed by atoms with E-state index in [1.54, 1.807) is 12.1 Å². The van der Waals surface area contributed by atoms with Gasteiger partial charge in [-0.25, -0.2) is 0 Å². The zero-order chi connectivity index (χ0) is 14.8. The van der Waals surface area contributed by atoms with Crippen molar-refractivity contribution in [2.24, 2.45) is 0 Å². The summed E-state index contributed by atoms with van der Waals surface area (Å²) in [6, 6.07) is 6.19. The van der Waals surface area contributed by atoms with E-state index in [9.17, 15) is 4.57 Å². The molecule has 1 aromatic rings. The summed E-state index contributed by atoms with van der Waals surface area (Å²) in [7, 11) is -4.14. The third kappa shape index (κ3) is 8.73. The average molecular weight is 310 g/mol. The first-order chi connectivity index (χ1) is 9.54. The second-order valence-electron chi connectivity index (χ2n) is 4.91. The lowest BCUT2D eigenvalue weighted by Crippen LogP contribution is -2.02. The van der Waals surface area contributed by atoms with Gasteiger partial charge in [-0.3, -0.25) is 4.57 Å². The van der Waals surface area contributed by atoms with Crippen LogP contribution in [0.3, 0.4) is 0 Å². The maximum atomic E-state index is 11.0. The summed E-state index contributed by atoms with van der Waals surface area (Å²) in [5.41, 5.74) is 0.799. The molecule has 2 N–H and O–H groups in total. The number of hydrogen-bond acceptors (Lipinski definition) is 1. The highest BCUT2D eigenvalue weighted by Gasteiger charge is 2.15. The summed E-state index contributed by atoms with van der Waals surface area (Å²) in [5.74, 6) is 6.13. The van der Waals surface area contributed by atoms with Crippen molar-refractivity contribution in [3.05, 3.63) is 29.8 Å². The molecule has 21 heavy (non-hydrogen) atoms. The van der Waals surface area contributed by atoms with Crippen LogP contribution < -0.4 is 5.30 Å². The molecule has 0 spiro atoms.